The van der Waals surface area contributed by atoms with E-state index >= 15 is 0 Å². The molecule has 0 fully saturated rings. The first kappa shape index (κ1) is 13.8. The second kappa shape index (κ2) is 8.10. The van der Waals surface area contributed by atoms with Crippen molar-refractivity contribution in [2.75, 3.05) is 12.9 Å². The Balaban J connectivity index is 4.00. The zero-order valence-electron chi connectivity index (χ0n) is 9.16. The van der Waals surface area contributed by atoms with Crippen molar-refractivity contribution < 1.29 is 5.11 Å². The summed E-state index contributed by atoms with van der Waals surface area (Å²) >= 11 is 1.65. The highest BCUT2D eigenvalue weighted by atomic mass is 32.2. The Kier molecular flexibility index (Phi) is 7.96. The molecular weight excluding hydrogens is 196 g/mol. The number of thioether (sulfide) groups is 1. The van der Waals surface area contributed by atoms with Crippen molar-refractivity contribution in [2.24, 2.45) is 0 Å². The summed E-state index contributed by atoms with van der Waals surface area (Å²) in [7, 11) is 0. The summed E-state index contributed by atoms with van der Waals surface area (Å²) in [5.74, 6) is 0. The van der Waals surface area contributed by atoms with Crippen LogP contribution in [0.25, 0.3) is 0 Å². The molecule has 0 spiro atoms. The van der Waals surface area contributed by atoms with Gasteiger partial charge in [-0.05, 0) is 19.6 Å². The minimum absolute atomic E-state index is 0.179. The SMILES string of the molecule is CCC(CC#N)NC(C)C(CO)SC. The average molecular weight is 216 g/mol. The Morgan fingerprint density at radius 3 is 2.57 bits per heavy atom. The first-order chi connectivity index (χ1) is 6.69. The number of hydrogen-bond acceptors (Lipinski definition) is 4. The monoisotopic (exact) mass is 216 g/mol. The third-order valence-electron chi connectivity index (χ3n) is 2.37. The Hall–Kier alpha value is -0.240. The van der Waals surface area contributed by atoms with E-state index in [1.54, 1.807) is 11.8 Å². The van der Waals surface area contributed by atoms with Crippen molar-refractivity contribution in [1.82, 2.24) is 5.32 Å². The van der Waals surface area contributed by atoms with Crippen molar-refractivity contribution in [1.29, 1.82) is 5.26 Å². The lowest BCUT2D eigenvalue weighted by Crippen LogP contribution is -2.43. The molecule has 0 aliphatic rings. The highest BCUT2D eigenvalue weighted by Crippen LogP contribution is 2.12. The molecule has 0 bridgehead atoms. The molecule has 0 saturated heterocycles. The largest absolute Gasteiger partial charge is 0.395 e. The van der Waals surface area contributed by atoms with E-state index in [0.29, 0.717) is 6.42 Å². The second-order valence-electron chi connectivity index (χ2n) is 3.38. The Morgan fingerprint density at radius 2 is 2.21 bits per heavy atom. The molecule has 3 unspecified atom stereocenters. The number of aliphatic hydroxyl groups is 1. The van der Waals surface area contributed by atoms with Crippen LogP contribution < -0.4 is 5.32 Å². The van der Waals surface area contributed by atoms with Crippen molar-refractivity contribution in [3.8, 4) is 6.07 Å². The Labute approximate surface area is 90.9 Å². The van der Waals surface area contributed by atoms with Gasteiger partial charge in [0.15, 0.2) is 0 Å². The van der Waals surface area contributed by atoms with Gasteiger partial charge in [0.2, 0.25) is 0 Å². The molecule has 4 heteroatoms. The number of nitrogens with one attached hydrogen (secondary N) is 1. The van der Waals surface area contributed by atoms with Gasteiger partial charge in [-0.25, -0.2) is 0 Å². The van der Waals surface area contributed by atoms with Crippen molar-refractivity contribution in [3.63, 3.8) is 0 Å². The van der Waals surface area contributed by atoms with Gasteiger partial charge in [-0.3, -0.25) is 0 Å². The van der Waals surface area contributed by atoms with Gasteiger partial charge >= 0.3 is 0 Å². The van der Waals surface area contributed by atoms with E-state index < -0.39 is 0 Å². The molecule has 0 aromatic heterocycles. The highest BCUT2D eigenvalue weighted by molar-refractivity contribution is 7.99. The zero-order chi connectivity index (χ0) is 11.0. The fourth-order valence-electron chi connectivity index (χ4n) is 1.35. The predicted octanol–water partition coefficient (Wildman–Crippen LogP) is 1.38. The maximum atomic E-state index is 9.09. The maximum Gasteiger partial charge on any atom is 0.0638 e. The summed E-state index contributed by atoms with van der Waals surface area (Å²) in [5.41, 5.74) is 0. The molecule has 0 aliphatic carbocycles. The van der Waals surface area contributed by atoms with E-state index in [0.717, 1.165) is 6.42 Å². The van der Waals surface area contributed by atoms with Crippen LogP contribution >= 0.6 is 11.8 Å². The maximum absolute atomic E-state index is 9.09. The summed E-state index contributed by atoms with van der Waals surface area (Å²) in [6, 6.07) is 2.66. The van der Waals surface area contributed by atoms with E-state index in [2.05, 4.69) is 25.2 Å². The molecular formula is C10H20N2OS. The van der Waals surface area contributed by atoms with Crippen LogP contribution in [0, 0.1) is 11.3 Å². The number of hydrogen-bond donors (Lipinski definition) is 2. The van der Waals surface area contributed by atoms with Crippen LogP contribution in [0.4, 0.5) is 0 Å². The van der Waals surface area contributed by atoms with Crippen LogP contribution in [-0.4, -0.2) is 35.3 Å². The van der Waals surface area contributed by atoms with Gasteiger partial charge in [-0.15, -0.1) is 0 Å². The molecule has 0 aromatic rings. The molecule has 2 N–H and O–H groups in total. The zero-order valence-corrected chi connectivity index (χ0v) is 9.97. The molecule has 82 valence electrons. The quantitative estimate of drug-likeness (QED) is 0.675. The molecule has 0 amide bonds. The average Bonchev–Trinajstić information content (AvgIpc) is 2.19. The first-order valence-corrected chi connectivity index (χ1v) is 6.25. The van der Waals surface area contributed by atoms with E-state index in [1.165, 1.54) is 0 Å². The van der Waals surface area contributed by atoms with Gasteiger partial charge in [0, 0.05) is 17.3 Å². The molecule has 3 atom stereocenters. The third kappa shape index (κ3) is 4.85. The topological polar surface area (TPSA) is 56.0 Å². The summed E-state index contributed by atoms with van der Waals surface area (Å²) in [6.45, 7) is 4.30. The van der Waals surface area contributed by atoms with Crippen molar-refractivity contribution in [3.05, 3.63) is 0 Å². The van der Waals surface area contributed by atoms with Gasteiger partial charge in [0.05, 0.1) is 19.1 Å². The fourth-order valence-corrected chi connectivity index (χ4v) is 1.98. The summed E-state index contributed by atoms with van der Waals surface area (Å²) in [6.07, 6.45) is 3.47. The first-order valence-electron chi connectivity index (χ1n) is 4.96. The van der Waals surface area contributed by atoms with Crippen molar-refractivity contribution >= 4 is 11.8 Å². The molecule has 14 heavy (non-hydrogen) atoms. The minimum Gasteiger partial charge on any atom is -0.395 e. The normalized spacial score (nSPS) is 17.1. The molecule has 0 aromatic carbocycles. The highest BCUT2D eigenvalue weighted by Gasteiger charge is 2.17. The van der Waals surface area contributed by atoms with Crippen LogP contribution in [0.1, 0.15) is 26.7 Å². The number of rotatable bonds is 7. The molecule has 0 saturated carbocycles. The summed E-state index contributed by atoms with van der Waals surface area (Å²) < 4.78 is 0. The van der Waals surface area contributed by atoms with Crippen molar-refractivity contribution in [2.45, 2.75) is 44.0 Å². The van der Waals surface area contributed by atoms with Crippen LogP contribution in [0.15, 0.2) is 0 Å². The third-order valence-corrected chi connectivity index (χ3v) is 3.53. The number of nitrogens with zero attached hydrogens (tertiary/aromatic N) is 1. The lowest BCUT2D eigenvalue weighted by Gasteiger charge is -2.25. The van der Waals surface area contributed by atoms with E-state index in [4.69, 9.17) is 10.4 Å². The fraction of sp³-hybridized carbons (Fsp3) is 0.900. The predicted molar refractivity (Wildman–Crippen MR) is 61.3 cm³/mol. The molecule has 0 radical (unpaired) electrons. The van der Waals surface area contributed by atoms with Gasteiger partial charge < -0.3 is 10.4 Å². The van der Waals surface area contributed by atoms with E-state index in [1.807, 2.05) is 6.26 Å². The standard InChI is InChI=1S/C10H20N2OS/c1-4-9(5-6-11)12-8(2)10(7-13)14-3/h8-10,12-13H,4-5,7H2,1-3H3. The second-order valence-corrected chi connectivity index (χ2v) is 4.46. The summed E-state index contributed by atoms with van der Waals surface area (Å²) in [5, 5.41) is 21.3. The smallest absolute Gasteiger partial charge is 0.0638 e. The Bertz CT molecular complexity index is 177. The van der Waals surface area contributed by atoms with Crippen LogP contribution in [0.5, 0.6) is 0 Å². The van der Waals surface area contributed by atoms with Gasteiger partial charge in [-0.2, -0.15) is 17.0 Å². The molecule has 3 nitrogen and oxygen atoms in total. The summed E-state index contributed by atoms with van der Waals surface area (Å²) in [4.78, 5) is 0. The van der Waals surface area contributed by atoms with Crippen LogP contribution in [0.3, 0.4) is 0 Å². The number of aliphatic hydroxyl groups excluding tert-OH is 1. The number of nitriles is 1. The Morgan fingerprint density at radius 1 is 1.57 bits per heavy atom. The molecule has 0 aliphatic heterocycles. The van der Waals surface area contributed by atoms with E-state index in [-0.39, 0.29) is 23.9 Å². The van der Waals surface area contributed by atoms with Gasteiger partial charge in [0.1, 0.15) is 0 Å². The molecule has 0 rings (SSSR count). The lowest BCUT2D eigenvalue weighted by atomic mass is 10.1. The van der Waals surface area contributed by atoms with E-state index in [9.17, 15) is 0 Å². The van der Waals surface area contributed by atoms with Crippen LogP contribution in [0.2, 0.25) is 0 Å². The van der Waals surface area contributed by atoms with Gasteiger partial charge in [0.25, 0.3) is 0 Å². The minimum atomic E-state index is 0.179. The van der Waals surface area contributed by atoms with Gasteiger partial charge in [-0.1, -0.05) is 6.92 Å². The molecule has 0 heterocycles. The van der Waals surface area contributed by atoms with Crippen LogP contribution in [-0.2, 0) is 0 Å². The lowest BCUT2D eigenvalue weighted by molar-refractivity contribution is 0.269.